The summed E-state index contributed by atoms with van der Waals surface area (Å²) in [4.78, 5) is 0. The Morgan fingerprint density at radius 3 is 2.38 bits per heavy atom. The van der Waals surface area contributed by atoms with Crippen molar-refractivity contribution >= 4 is 0 Å². The van der Waals surface area contributed by atoms with E-state index in [0.29, 0.717) is 0 Å². The van der Waals surface area contributed by atoms with E-state index in [1.165, 1.54) is 32.1 Å². The third-order valence-corrected chi connectivity index (χ3v) is 4.61. The molecule has 0 heterocycles. The van der Waals surface area contributed by atoms with E-state index in [1.807, 2.05) is 7.11 Å². The maximum atomic E-state index is 5.76. The summed E-state index contributed by atoms with van der Waals surface area (Å²) in [6.45, 7) is 4.26. The lowest BCUT2D eigenvalue weighted by atomic mass is 9.52. The van der Waals surface area contributed by atoms with Crippen molar-refractivity contribution in [3.63, 3.8) is 0 Å². The summed E-state index contributed by atoms with van der Waals surface area (Å²) >= 11 is 0. The third kappa shape index (κ3) is 0.969. The fraction of sp³-hybridized carbons (Fsp3) is 0.833. The second-order valence-corrected chi connectivity index (χ2v) is 5.31. The molecule has 2 unspecified atom stereocenters. The van der Waals surface area contributed by atoms with E-state index in [9.17, 15) is 0 Å². The van der Waals surface area contributed by atoms with Crippen LogP contribution in [0, 0.1) is 17.8 Å². The zero-order valence-electron chi connectivity index (χ0n) is 8.38. The van der Waals surface area contributed by atoms with Gasteiger partial charge in [-0.2, -0.15) is 0 Å². The van der Waals surface area contributed by atoms with Gasteiger partial charge >= 0.3 is 0 Å². The van der Waals surface area contributed by atoms with Crippen molar-refractivity contribution in [2.24, 2.45) is 17.8 Å². The van der Waals surface area contributed by atoms with Gasteiger partial charge in [0.05, 0.1) is 5.60 Å². The van der Waals surface area contributed by atoms with Crippen LogP contribution in [0.25, 0.3) is 0 Å². The summed E-state index contributed by atoms with van der Waals surface area (Å²) in [5.74, 6) is 2.54. The highest BCUT2D eigenvalue weighted by Crippen LogP contribution is 2.58. The summed E-state index contributed by atoms with van der Waals surface area (Å²) in [6, 6.07) is 0. The van der Waals surface area contributed by atoms with Gasteiger partial charge in [0.25, 0.3) is 0 Å². The average molecular weight is 178 g/mol. The molecule has 0 aliphatic heterocycles. The van der Waals surface area contributed by atoms with Crippen molar-refractivity contribution in [2.75, 3.05) is 7.11 Å². The minimum Gasteiger partial charge on any atom is -0.378 e. The second kappa shape index (κ2) is 2.38. The monoisotopic (exact) mass is 178 g/mol. The SMILES string of the molecule is C=C1C2CC3CC1CC(OC)(C3)C2. The zero-order valence-corrected chi connectivity index (χ0v) is 8.38. The quantitative estimate of drug-likeness (QED) is 0.561. The molecule has 0 aromatic carbocycles. The third-order valence-electron chi connectivity index (χ3n) is 4.61. The lowest BCUT2D eigenvalue weighted by molar-refractivity contribution is -0.124. The lowest BCUT2D eigenvalue weighted by Crippen LogP contribution is -2.52. The van der Waals surface area contributed by atoms with E-state index in [0.717, 1.165) is 17.8 Å². The molecule has 0 N–H and O–H groups in total. The molecule has 1 nitrogen and oxygen atoms in total. The molecule has 72 valence electrons. The topological polar surface area (TPSA) is 9.23 Å². The van der Waals surface area contributed by atoms with Gasteiger partial charge < -0.3 is 4.74 Å². The molecule has 4 saturated carbocycles. The minimum absolute atomic E-state index is 0.262. The number of rotatable bonds is 1. The normalized spacial score (nSPS) is 53.0. The van der Waals surface area contributed by atoms with Gasteiger partial charge in [0.2, 0.25) is 0 Å². The molecule has 4 aliphatic rings. The molecule has 0 aromatic rings. The van der Waals surface area contributed by atoms with Gasteiger partial charge in [-0.25, -0.2) is 0 Å². The number of hydrogen-bond acceptors (Lipinski definition) is 1. The smallest absolute Gasteiger partial charge is 0.0692 e. The molecule has 2 atom stereocenters. The molecule has 0 saturated heterocycles. The van der Waals surface area contributed by atoms with Crippen molar-refractivity contribution in [1.29, 1.82) is 0 Å². The number of allylic oxidation sites excluding steroid dienone is 1. The van der Waals surface area contributed by atoms with Gasteiger partial charge in [-0.3, -0.25) is 0 Å². The van der Waals surface area contributed by atoms with Gasteiger partial charge in [0.15, 0.2) is 0 Å². The van der Waals surface area contributed by atoms with Gasteiger partial charge in [0.1, 0.15) is 0 Å². The van der Waals surface area contributed by atoms with Crippen LogP contribution in [0.5, 0.6) is 0 Å². The number of methoxy groups -OCH3 is 1. The highest BCUT2D eigenvalue weighted by Gasteiger charge is 2.52. The average Bonchev–Trinajstić information content (AvgIpc) is 2.13. The lowest BCUT2D eigenvalue weighted by Gasteiger charge is -2.56. The van der Waals surface area contributed by atoms with Crippen LogP contribution in [0.2, 0.25) is 0 Å². The van der Waals surface area contributed by atoms with Crippen LogP contribution < -0.4 is 0 Å². The molecule has 4 aliphatic carbocycles. The Labute approximate surface area is 80.2 Å². The van der Waals surface area contributed by atoms with Crippen LogP contribution in [-0.2, 0) is 4.74 Å². The molecule has 0 spiro atoms. The molecule has 0 aromatic heterocycles. The van der Waals surface area contributed by atoms with Crippen LogP contribution in [0.15, 0.2) is 12.2 Å². The summed E-state index contributed by atoms with van der Waals surface area (Å²) < 4.78 is 5.76. The van der Waals surface area contributed by atoms with E-state index in [2.05, 4.69) is 6.58 Å². The van der Waals surface area contributed by atoms with E-state index in [1.54, 1.807) is 5.57 Å². The Kier molecular flexibility index (Phi) is 1.48. The molecule has 4 rings (SSSR count). The van der Waals surface area contributed by atoms with Crippen LogP contribution in [0.4, 0.5) is 0 Å². The molecule has 13 heavy (non-hydrogen) atoms. The first kappa shape index (κ1) is 8.05. The Morgan fingerprint density at radius 1 is 1.23 bits per heavy atom. The van der Waals surface area contributed by atoms with Gasteiger partial charge in [0, 0.05) is 7.11 Å². The Morgan fingerprint density at radius 2 is 1.85 bits per heavy atom. The Hall–Kier alpha value is -0.300. The summed E-state index contributed by atoms with van der Waals surface area (Å²) in [6.07, 6.45) is 6.65. The van der Waals surface area contributed by atoms with Crippen molar-refractivity contribution in [3.8, 4) is 0 Å². The van der Waals surface area contributed by atoms with Crippen molar-refractivity contribution < 1.29 is 4.74 Å². The van der Waals surface area contributed by atoms with Crippen LogP contribution in [0.1, 0.15) is 32.1 Å². The largest absolute Gasteiger partial charge is 0.378 e. The number of hydrogen-bond donors (Lipinski definition) is 0. The fourth-order valence-electron chi connectivity index (χ4n) is 4.06. The van der Waals surface area contributed by atoms with Crippen LogP contribution in [-0.4, -0.2) is 12.7 Å². The van der Waals surface area contributed by atoms with Crippen molar-refractivity contribution in [1.82, 2.24) is 0 Å². The van der Waals surface area contributed by atoms with Gasteiger partial charge in [-0.05, 0) is 49.9 Å². The predicted octanol–water partition coefficient (Wildman–Crippen LogP) is 2.77. The first-order chi connectivity index (χ1) is 6.22. The summed E-state index contributed by atoms with van der Waals surface area (Å²) in [5, 5.41) is 0. The molecule has 0 radical (unpaired) electrons. The standard InChI is InChI=1S/C12H18O/c1-8-10-3-9-4-11(8)7-12(5-9,6-10)13-2/h9-11H,1,3-7H2,2H3. The van der Waals surface area contributed by atoms with Gasteiger partial charge in [-0.1, -0.05) is 12.2 Å². The Balaban J connectivity index is 1.96. The Bertz CT molecular complexity index is 238. The molecular weight excluding hydrogens is 160 g/mol. The first-order valence-corrected chi connectivity index (χ1v) is 5.46. The maximum Gasteiger partial charge on any atom is 0.0692 e. The van der Waals surface area contributed by atoms with E-state index < -0.39 is 0 Å². The van der Waals surface area contributed by atoms with Crippen LogP contribution >= 0.6 is 0 Å². The highest BCUT2D eigenvalue weighted by atomic mass is 16.5. The summed E-state index contributed by atoms with van der Waals surface area (Å²) in [7, 11) is 1.90. The second-order valence-electron chi connectivity index (χ2n) is 5.31. The maximum absolute atomic E-state index is 5.76. The van der Waals surface area contributed by atoms with Crippen molar-refractivity contribution in [2.45, 2.75) is 37.7 Å². The zero-order chi connectivity index (χ0) is 9.05. The minimum atomic E-state index is 0.262. The van der Waals surface area contributed by atoms with Crippen LogP contribution in [0.3, 0.4) is 0 Å². The van der Waals surface area contributed by atoms with Gasteiger partial charge in [-0.15, -0.1) is 0 Å². The molecular formula is C12H18O. The highest BCUT2D eigenvalue weighted by molar-refractivity contribution is 5.20. The van der Waals surface area contributed by atoms with E-state index in [4.69, 9.17) is 4.74 Å². The molecule has 4 bridgehead atoms. The van der Waals surface area contributed by atoms with E-state index >= 15 is 0 Å². The first-order valence-electron chi connectivity index (χ1n) is 5.46. The van der Waals surface area contributed by atoms with Crippen molar-refractivity contribution in [3.05, 3.63) is 12.2 Å². The predicted molar refractivity (Wildman–Crippen MR) is 52.4 cm³/mol. The molecule has 0 amide bonds. The molecule has 1 heteroatoms. The summed E-state index contributed by atoms with van der Waals surface area (Å²) in [5.41, 5.74) is 1.81. The van der Waals surface area contributed by atoms with E-state index in [-0.39, 0.29) is 5.60 Å². The molecule has 4 fully saturated rings. The fourth-order valence-corrected chi connectivity index (χ4v) is 4.06. The number of ether oxygens (including phenoxy) is 1.